The lowest BCUT2D eigenvalue weighted by molar-refractivity contribution is -0.0107. The molecule has 0 unspecified atom stereocenters. The predicted molar refractivity (Wildman–Crippen MR) is 109 cm³/mol. The lowest BCUT2D eigenvalue weighted by Crippen LogP contribution is -2.47. The van der Waals surface area contributed by atoms with Gasteiger partial charge in [0.1, 0.15) is 0 Å². The average Bonchev–Trinajstić information content (AvgIpc) is 2.99. The number of hydrogen-bond acceptors (Lipinski definition) is 4. The van der Waals surface area contributed by atoms with Crippen molar-refractivity contribution >= 4 is 17.2 Å². The van der Waals surface area contributed by atoms with Crippen LogP contribution in [0.1, 0.15) is 30.5 Å². The van der Waals surface area contributed by atoms with Gasteiger partial charge in [-0.15, -0.1) is 0 Å². The van der Waals surface area contributed by atoms with Gasteiger partial charge in [-0.25, -0.2) is 0 Å². The molecule has 2 atom stereocenters. The molecule has 0 aliphatic carbocycles. The zero-order chi connectivity index (χ0) is 18.3. The zero-order valence-corrected chi connectivity index (χ0v) is 15.2. The number of anilines is 2. The molecule has 0 aromatic heterocycles. The molecule has 2 aliphatic rings. The van der Waals surface area contributed by atoms with Crippen molar-refractivity contribution in [2.75, 3.05) is 10.2 Å². The van der Waals surface area contributed by atoms with Gasteiger partial charge >= 0.3 is 0 Å². The summed E-state index contributed by atoms with van der Waals surface area (Å²) in [7, 11) is 0. The maximum Gasteiger partial charge on any atom is 0.215 e. The molecule has 0 spiro atoms. The van der Waals surface area contributed by atoms with Gasteiger partial charge in [0.25, 0.3) is 0 Å². The Hall–Kier alpha value is -3.27. The summed E-state index contributed by atoms with van der Waals surface area (Å²) in [4.78, 5) is 8.30. The lowest BCUT2D eigenvalue weighted by Gasteiger charge is -2.34. The first-order valence-corrected chi connectivity index (χ1v) is 9.27. The fourth-order valence-electron chi connectivity index (χ4n) is 4.01. The Bertz CT molecular complexity index is 987. The van der Waals surface area contributed by atoms with Crippen LogP contribution < -0.4 is 10.2 Å². The first kappa shape index (κ1) is 15.9. The summed E-state index contributed by atoms with van der Waals surface area (Å²) >= 11 is 0. The molecule has 27 heavy (non-hydrogen) atoms. The van der Waals surface area contributed by atoms with Crippen molar-refractivity contribution < 1.29 is 4.84 Å². The summed E-state index contributed by atoms with van der Waals surface area (Å²) in [6.45, 7) is 2.12. The van der Waals surface area contributed by atoms with Gasteiger partial charge in [-0.3, -0.25) is 4.90 Å². The topological polar surface area (TPSA) is 36.9 Å². The summed E-state index contributed by atoms with van der Waals surface area (Å²) < 4.78 is 0. The monoisotopic (exact) mass is 355 g/mol. The van der Waals surface area contributed by atoms with Gasteiger partial charge < -0.3 is 10.2 Å². The van der Waals surface area contributed by atoms with Crippen molar-refractivity contribution in [2.45, 2.75) is 25.1 Å². The van der Waals surface area contributed by atoms with Crippen LogP contribution in [-0.4, -0.2) is 11.6 Å². The molecule has 0 saturated heterocycles. The third-order valence-electron chi connectivity index (χ3n) is 5.31. The van der Waals surface area contributed by atoms with Crippen molar-refractivity contribution in [1.82, 2.24) is 0 Å². The summed E-state index contributed by atoms with van der Waals surface area (Å²) in [5.74, 6) is 0.848. The van der Waals surface area contributed by atoms with Crippen LogP contribution >= 0.6 is 0 Å². The maximum absolute atomic E-state index is 6.07. The predicted octanol–water partition coefficient (Wildman–Crippen LogP) is 5.16. The van der Waals surface area contributed by atoms with E-state index in [1.54, 1.807) is 0 Å². The Morgan fingerprint density at radius 1 is 0.926 bits per heavy atom. The molecule has 0 bridgehead atoms. The number of amidine groups is 1. The highest BCUT2D eigenvalue weighted by Crippen LogP contribution is 2.45. The fourth-order valence-corrected chi connectivity index (χ4v) is 4.01. The molecule has 0 saturated carbocycles. The maximum atomic E-state index is 6.07. The van der Waals surface area contributed by atoms with Gasteiger partial charge in [-0.1, -0.05) is 78.0 Å². The molecule has 134 valence electrons. The molecule has 2 heterocycles. The number of oxime groups is 1. The van der Waals surface area contributed by atoms with Crippen molar-refractivity contribution in [3.63, 3.8) is 0 Å². The fraction of sp³-hybridized carbons (Fsp3) is 0.174. The highest BCUT2D eigenvalue weighted by Gasteiger charge is 2.47. The van der Waals surface area contributed by atoms with Gasteiger partial charge in [0.05, 0.1) is 17.4 Å². The molecule has 3 aromatic carbocycles. The molecule has 2 aliphatic heterocycles. The zero-order valence-electron chi connectivity index (χ0n) is 15.2. The Balaban J connectivity index is 1.63. The molecule has 0 fully saturated rings. The Morgan fingerprint density at radius 2 is 1.59 bits per heavy atom. The summed E-state index contributed by atoms with van der Waals surface area (Å²) in [6, 6.07) is 29.2. The van der Waals surface area contributed by atoms with Crippen LogP contribution in [0.3, 0.4) is 0 Å². The number of rotatable bonds is 2. The molecule has 1 N–H and O–H groups in total. The van der Waals surface area contributed by atoms with Crippen molar-refractivity contribution in [2.24, 2.45) is 5.16 Å². The van der Waals surface area contributed by atoms with Gasteiger partial charge in [0.15, 0.2) is 5.84 Å². The summed E-state index contributed by atoms with van der Waals surface area (Å²) in [5.41, 5.74) is 3.90. The molecule has 0 radical (unpaired) electrons. The van der Waals surface area contributed by atoms with Crippen molar-refractivity contribution in [3.05, 3.63) is 96.1 Å². The number of hydrogen-bond donors (Lipinski definition) is 1. The third kappa shape index (κ3) is 2.65. The lowest BCUT2D eigenvalue weighted by atomic mass is 9.97. The van der Waals surface area contributed by atoms with Gasteiger partial charge in [-0.05, 0) is 24.6 Å². The van der Waals surface area contributed by atoms with E-state index in [0.29, 0.717) is 0 Å². The van der Waals surface area contributed by atoms with Crippen LogP contribution in [0, 0.1) is 0 Å². The van der Waals surface area contributed by atoms with Gasteiger partial charge in [0.2, 0.25) is 5.72 Å². The van der Waals surface area contributed by atoms with Crippen LogP contribution in [-0.2, 0) is 4.84 Å². The largest absolute Gasteiger partial charge is 0.376 e. The second-order valence-corrected chi connectivity index (χ2v) is 7.21. The first-order chi connectivity index (χ1) is 13.2. The number of nitrogens with zero attached hydrogens (tertiary/aromatic N) is 2. The third-order valence-corrected chi connectivity index (χ3v) is 5.31. The van der Waals surface area contributed by atoms with E-state index in [0.717, 1.165) is 29.2 Å². The molecule has 4 heteroatoms. The first-order valence-electron chi connectivity index (χ1n) is 9.27. The quantitative estimate of drug-likeness (QED) is 0.690. The molecule has 4 nitrogen and oxygen atoms in total. The van der Waals surface area contributed by atoms with Gasteiger partial charge in [0, 0.05) is 12.0 Å². The van der Waals surface area contributed by atoms with Crippen LogP contribution in [0.15, 0.2) is 90.1 Å². The van der Waals surface area contributed by atoms with Crippen molar-refractivity contribution in [1.29, 1.82) is 0 Å². The number of benzene rings is 3. The van der Waals surface area contributed by atoms with E-state index < -0.39 is 5.72 Å². The molecule has 5 rings (SSSR count). The van der Waals surface area contributed by atoms with Crippen LogP contribution in [0.25, 0.3) is 0 Å². The van der Waals surface area contributed by atoms with E-state index in [4.69, 9.17) is 4.84 Å². The standard InChI is InChI=1S/C23H21N3O/c1-23-16-20(17-10-4-2-5-11-17)24-19-14-8-9-15-21(19)26(23)22(25-27-23)18-12-6-3-7-13-18/h2-15,20,24H,16H2,1H3/t20-,23+/m1/s1. The Kier molecular flexibility index (Phi) is 3.64. The molecular weight excluding hydrogens is 334 g/mol. The normalized spacial score (nSPS) is 23.4. The second-order valence-electron chi connectivity index (χ2n) is 7.21. The molecule has 3 aromatic rings. The van der Waals surface area contributed by atoms with E-state index in [2.05, 4.69) is 83.0 Å². The summed E-state index contributed by atoms with van der Waals surface area (Å²) in [6.07, 6.45) is 0.769. The van der Waals surface area contributed by atoms with Gasteiger partial charge in [-0.2, -0.15) is 0 Å². The van der Waals surface area contributed by atoms with E-state index >= 15 is 0 Å². The van der Waals surface area contributed by atoms with E-state index in [1.807, 2.05) is 24.3 Å². The highest BCUT2D eigenvalue weighted by molar-refractivity contribution is 6.12. The number of para-hydroxylation sites is 2. The van der Waals surface area contributed by atoms with Crippen LogP contribution in [0.5, 0.6) is 0 Å². The smallest absolute Gasteiger partial charge is 0.215 e. The van der Waals surface area contributed by atoms with E-state index in [1.165, 1.54) is 5.56 Å². The Labute approximate surface area is 159 Å². The van der Waals surface area contributed by atoms with Crippen LogP contribution in [0.4, 0.5) is 11.4 Å². The van der Waals surface area contributed by atoms with Crippen LogP contribution in [0.2, 0.25) is 0 Å². The van der Waals surface area contributed by atoms with Crippen molar-refractivity contribution in [3.8, 4) is 0 Å². The Morgan fingerprint density at radius 3 is 2.37 bits per heavy atom. The minimum absolute atomic E-state index is 0.132. The van der Waals surface area contributed by atoms with E-state index in [-0.39, 0.29) is 6.04 Å². The minimum atomic E-state index is -0.564. The molecule has 0 amide bonds. The second kappa shape index (κ2) is 6.16. The minimum Gasteiger partial charge on any atom is -0.376 e. The SMILES string of the molecule is C[C@]12C[C@H](c3ccccc3)Nc3ccccc3N1C(c1ccccc1)=NO2. The van der Waals surface area contributed by atoms with E-state index in [9.17, 15) is 0 Å². The highest BCUT2D eigenvalue weighted by atomic mass is 16.7. The summed E-state index contributed by atoms with van der Waals surface area (Å²) in [5, 5.41) is 8.23. The number of nitrogens with one attached hydrogen (secondary N) is 1. The average molecular weight is 355 g/mol. The molecular formula is C23H21N3O. The number of fused-ring (bicyclic) bond motifs is 3.